The normalized spacial score (nSPS) is 10.3. The number of halogens is 1. The average Bonchev–Trinajstić information content (AvgIpc) is 2.87. The van der Waals surface area contributed by atoms with E-state index in [-0.39, 0.29) is 10.7 Å². The van der Waals surface area contributed by atoms with Gasteiger partial charge in [0.1, 0.15) is 16.5 Å². The molecule has 1 amide bonds. The molecule has 0 aliphatic heterocycles. The number of rotatable bonds is 4. The van der Waals surface area contributed by atoms with Crippen LogP contribution in [0.3, 0.4) is 0 Å². The number of nitrogens with one attached hydrogen (secondary N) is 2. The number of carbonyl (C=O) groups is 1. The van der Waals surface area contributed by atoms with Crippen molar-refractivity contribution in [2.45, 2.75) is 13.3 Å². The lowest BCUT2D eigenvalue weighted by molar-refractivity contribution is 0.102. The van der Waals surface area contributed by atoms with Crippen LogP contribution in [0.4, 0.5) is 10.9 Å². The van der Waals surface area contributed by atoms with Crippen LogP contribution in [0, 0.1) is 0 Å². The number of aryl methyl sites for hydroxylation is 1. The average molecular weight is 298 g/mol. The molecule has 0 bridgehead atoms. The van der Waals surface area contributed by atoms with Gasteiger partial charge >= 0.3 is 0 Å². The van der Waals surface area contributed by atoms with E-state index < -0.39 is 5.91 Å². The fourth-order valence-corrected chi connectivity index (χ4v) is 2.21. The van der Waals surface area contributed by atoms with Gasteiger partial charge in [-0.3, -0.25) is 10.1 Å². The number of hydrogen-bond donors (Lipinski definition) is 2. The summed E-state index contributed by atoms with van der Waals surface area (Å²) in [5.41, 5.74) is 0.154. The number of anilines is 2. The third-order valence-electron chi connectivity index (χ3n) is 2.31. The highest BCUT2D eigenvalue weighted by atomic mass is 35.5. The molecule has 6 nitrogen and oxygen atoms in total. The van der Waals surface area contributed by atoms with Crippen LogP contribution in [0.25, 0.3) is 0 Å². The molecule has 2 heterocycles. The van der Waals surface area contributed by atoms with Gasteiger partial charge in [-0.05, 0) is 18.6 Å². The SMILES string of the molecule is CCc1nnc(NC(=O)c2nc(NC)ccc2Cl)s1. The van der Waals surface area contributed by atoms with Crippen molar-refractivity contribution in [3.63, 3.8) is 0 Å². The van der Waals surface area contributed by atoms with Crippen LogP contribution in [-0.2, 0) is 6.42 Å². The quantitative estimate of drug-likeness (QED) is 0.906. The van der Waals surface area contributed by atoms with E-state index in [0.717, 1.165) is 11.4 Å². The molecule has 0 saturated carbocycles. The van der Waals surface area contributed by atoms with Crippen LogP contribution < -0.4 is 10.6 Å². The van der Waals surface area contributed by atoms with Crippen LogP contribution in [0.15, 0.2) is 12.1 Å². The first-order valence-corrected chi connectivity index (χ1v) is 6.81. The Bertz CT molecular complexity index is 601. The molecule has 19 heavy (non-hydrogen) atoms. The summed E-state index contributed by atoms with van der Waals surface area (Å²) in [6.45, 7) is 1.97. The third-order valence-corrected chi connectivity index (χ3v) is 3.59. The minimum Gasteiger partial charge on any atom is -0.373 e. The number of hydrogen-bond acceptors (Lipinski definition) is 6. The Balaban J connectivity index is 2.19. The summed E-state index contributed by atoms with van der Waals surface area (Å²) in [6.07, 6.45) is 0.780. The van der Waals surface area contributed by atoms with Crippen LogP contribution in [0.5, 0.6) is 0 Å². The van der Waals surface area contributed by atoms with Gasteiger partial charge in [-0.2, -0.15) is 0 Å². The largest absolute Gasteiger partial charge is 0.373 e. The van der Waals surface area contributed by atoms with Crippen molar-refractivity contribution >= 4 is 39.8 Å². The maximum Gasteiger partial charge on any atom is 0.277 e. The highest BCUT2D eigenvalue weighted by Crippen LogP contribution is 2.20. The van der Waals surface area contributed by atoms with Crippen molar-refractivity contribution in [2.75, 3.05) is 17.7 Å². The topological polar surface area (TPSA) is 79.8 Å². The van der Waals surface area contributed by atoms with E-state index in [1.54, 1.807) is 19.2 Å². The number of carbonyl (C=O) groups excluding carboxylic acids is 1. The first-order valence-electron chi connectivity index (χ1n) is 5.62. The maximum atomic E-state index is 12.1. The first kappa shape index (κ1) is 13.7. The molecule has 0 spiro atoms. The van der Waals surface area contributed by atoms with Crippen LogP contribution in [0.1, 0.15) is 22.4 Å². The summed E-state index contributed by atoms with van der Waals surface area (Å²) in [4.78, 5) is 16.2. The van der Waals surface area contributed by atoms with Gasteiger partial charge in [0, 0.05) is 7.05 Å². The summed E-state index contributed by atoms with van der Waals surface area (Å²) in [5.74, 6) is 0.168. The van der Waals surface area contributed by atoms with Crippen LogP contribution >= 0.6 is 22.9 Å². The number of amides is 1. The Kier molecular flexibility index (Phi) is 4.28. The van der Waals surface area contributed by atoms with Crippen molar-refractivity contribution in [1.82, 2.24) is 15.2 Å². The molecular weight excluding hydrogens is 286 g/mol. The Morgan fingerprint density at radius 1 is 1.42 bits per heavy atom. The van der Waals surface area contributed by atoms with Gasteiger partial charge in [-0.1, -0.05) is 29.9 Å². The van der Waals surface area contributed by atoms with E-state index in [4.69, 9.17) is 11.6 Å². The van der Waals surface area contributed by atoms with E-state index in [1.165, 1.54) is 11.3 Å². The maximum absolute atomic E-state index is 12.1. The summed E-state index contributed by atoms with van der Waals surface area (Å²) >= 11 is 7.29. The lowest BCUT2D eigenvalue weighted by Crippen LogP contribution is -2.15. The molecule has 2 rings (SSSR count). The summed E-state index contributed by atoms with van der Waals surface area (Å²) in [7, 11) is 1.72. The Morgan fingerprint density at radius 2 is 2.21 bits per heavy atom. The van der Waals surface area contributed by atoms with Crippen molar-refractivity contribution in [3.8, 4) is 0 Å². The van der Waals surface area contributed by atoms with Gasteiger partial charge in [0.15, 0.2) is 0 Å². The predicted molar refractivity (Wildman–Crippen MR) is 76.0 cm³/mol. The smallest absolute Gasteiger partial charge is 0.277 e. The zero-order valence-electron chi connectivity index (χ0n) is 10.4. The Morgan fingerprint density at radius 3 is 2.84 bits per heavy atom. The third kappa shape index (κ3) is 3.18. The Labute approximate surface area is 119 Å². The molecule has 0 aromatic carbocycles. The van der Waals surface area contributed by atoms with Gasteiger partial charge in [-0.15, -0.1) is 10.2 Å². The molecular formula is C11H12ClN5OS. The van der Waals surface area contributed by atoms with Crippen molar-refractivity contribution < 1.29 is 4.79 Å². The first-order chi connectivity index (χ1) is 9.13. The van der Waals surface area contributed by atoms with Gasteiger partial charge in [0.25, 0.3) is 5.91 Å². The van der Waals surface area contributed by atoms with Crippen LogP contribution in [0.2, 0.25) is 5.02 Å². The highest BCUT2D eigenvalue weighted by molar-refractivity contribution is 7.15. The molecule has 2 aromatic heterocycles. The Hall–Kier alpha value is -1.73. The fourth-order valence-electron chi connectivity index (χ4n) is 1.34. The molecule has 0 fully saturated rings. The van der Waals surface area contributed by atoms with Gasteiger partial charge in [0.2, 0.25) is 5.13 Å². The number of pyridine rings is 1. The molecule has 100 valence electrons. The highest BCUT2D eigenvalue weighted by Gasteiger charge is 2.15. The number of nitrogens with zero attached hydrogens (tertiary/aromatic N) is 3. The second-order valence-corrected chi connectivity index (χ2v) is 5.05. The van der Waals surface area contributed by atoms with E-state index in [2.05, 4.69) is 25.8 Å². The van der Waals surface area contributed by atoms with Crippen LogP contribution in [-0.4, -0.2) is 28.1 Å². The van der Waals surface area contributed by atoms with Gasteiger partial charge < -0.3 is 5.32 Å². The van der Waals surface area contributed by atoms with E-state index in [0.29, 0.717) is 10.9 Å². The van der Waals surface area contributed by atoms with E-state index >= 15 is 0 Å². The monoisotopic (exact) mass is 297 g/mol. The molecule has 8 heteroatoms. The van der Waals surface area contributed by atoms with E-state index in [9.17, 15) is 4.79 Å². The molecule has 0 atom stereocenters. The molecule has 0 aliphatic rings. The molecule has 0 saturated heterocycles. The predicted octanol–water partition coefficient (Wildman–Crippen LogP) is 2.44. The van der Waals surface area contributed by atoms with Crippen molar-refractivity contribution in [3.05, 3.63) is 27.9 Å². The lowest BCUT2D eigenvalue weighted by Gasteiger charge is -2.05. The summed E-state index contributed by atoms with van der Waals surface area (Å²) in [6, 6.07) is 3.31. The standard InChI is InChI=1S/C11H12ClN5OS/c1-3-8-16-17-11(19-8)15-10(18)9-6(12)4-5-7(13-2)14-9/h4-5H,3H2,1-2H3,(H,13,14)(H,15,17,18). The fraction of sp³-hybridized carbons (Fsp3) is 0.273. The molecule has 0 radical (unpaired) electrons. The van der Waals surface area contributed by atoms with Gasteiger partial charge in [-0.25, -0.2) is 4.98 Å². The lowest BCUT2D eigenvalue weighted by atomic mass is 10.3. The summed E-state index contributed by atoms with van der Waals surface area (Å²) in [5, 5.41) is 14.9. The summed E-state index contributed by atoms with van der Waals surface area (Å²) < 4.78 is 0. The minimum absolute atomic E-state index is 0.154. The molecule has 0 aliphatic carbocycles. The molecule has 0 unspecified atom stereocenters. The van der Waals surface area contributed by atoms with Crippen molar-refractivity contribution in [2.24, 2.45) is 0 Å². The minimum atomic E-state index is -0.402. The zero-order chi connectivity index (χ0) is 13.8. The molecule has 2 N–H and O–H groups in total. The zero-order valence-corrected chi connectivity index (χ0v) is 12.0. The second-order valence-electron chi connectivity index (χ2n) is 3.59. The van der Waals surface area contributed by atoms with Crippen molar-refractivity contribution in [1.29, 1.82) is 0 Å². The molecule has 2 aromatic rings. The van der Waals surface area contributed by atoms with E-state index in [1.807, 2.05) is 6.92 Å². The number of aromatic nitrogens is 3. The second kappa shape index (κ2) is 5.94. The van der Waals surface area contributed by atoms with Gasteiger partial charge in [0.05, 0.1) is 5.02 Å².